The summed E-state index contributed by atoms with van der Waals surface area (Å²) in [5, 5.41) is 17.6. The van der Waals surface area contributed by atoms with Crippen molar-refractivity contribution in [3.63, 3.8) is 0 Å². The maximum atomic E-state index is 12.8. The van der Waals surface area contributed by atoms with Crippen molar-refractivity contribution in [1.29, 1.82) is 0 Å². The Hall–Kier alpha value is -2.14. The fraction of sp³-hybridized carbons (Fsp3) is 0.158. The molecule has 10 heteroatoms. The highest BCUT2D eigenvalue weighted by atomic mass is 32.2. The van der Waals surface area contributed by atoms with Crippen molar-refractivity contribution >= 4 is 57.2 Å². The first-order valence-electron chi connectivity index (χ1n) is 8.61. The molecule has 4 rings (SSSR count). The Balaban J connectivity index is 1.38. The summed E-state index contributed by atoms with van der Waals surface area (Å²) in [6, 6.07) is 13.5. The molecule has 1 amide bonds. The third kappa shape index (κ3) is 5.47. The average Bonchev–Trinajstić information content (AvgIpc) is 3.47. The molecule has 0 bridgehead atoms. The summed E-state index contributed by atoms with van der Waals surface area (Å²) in [4.78, 5) is 14.9. The summed E-state index contributed by atoms with van der Waals surface area (Å²) in [7, 11) is 0. The second kappa shape index (κ2) is 9.57. The van der Waals surface area contributed by atoms with Crippen LogP contribution in [-0.2, 0) is 11.5 Å². The molecule has 3 aromatic heterocycles. The number of nitrogens with zero attached hydrogens (tertiary/aromatic N) is 3. The van der Waals surface area contributed by atoms with Crippen LogP contribution in [0.5, 0.6) is 0 Å². The Morgan fingerprint density at radius 3 is 2.83 bits per heavy atom. The van der Waals surface area contributed by atoms with Crippen LogP contribution in [0.4, 0.5) is 5.13 Å². The molecule has 6 nitrogen and oxygen atoms in total. The lowest BCUT2D eigenvalue weighted by atomic mass is 10.2. The molecule has 148 valence electrons. The van der Waals surface area contributed by atoms with Gasteiger partial charge in [-0.25, -0.2) is 0 Å². The van der Waals surface area contributed by atoms with Gasteiger partial charge in [0.05, 0.1) is 17.0 Å². The van der Waals surface area contributed by atoms with Gasteiger partial charge in [0.25, 0.3) is 5.91 Å². The summed E-state index contributed by atoms with van der Waals surface area (Å²) in [5.41, 5.74) is 1.44. The molecule has 0 saturated heterocycles. The minimum absolute atomic E-state index is 0.201. The van der Waals surface area contributed by atoms with Crippen molar-refractivity contribution in [3.05, 3.63) is 69.7 Å². The number of rotatable bonds is 8. The Labute approximate surface area is 184 Å². The number of benzene rings is 1. The fourth-order valence-corrected chi connectivity index (χ4v) is 5.87. The molecule has 0 aliphatic rings. The summed E-state index contributed by atoms with van der Waals surface area (Å²) >= 11 is 6.25. The second-order valence-corrected chi connectivity index (χ2v) is 10.2. The SMILES string of the molecule is Cc1cc(CSc2ccccc2C(=O)Nc2nnc(SCc3cccs3)s2)on1. The molecule has 0 saturated carbocycles. The normalized spacial score (nSPS) is 10.9. The molecule has 0 unspecified atom stereocenters. The van der Waals surface area contributed by atoms with Gasteiger partial charge in [-0.05, 0) is 30.5 Å². The van der Waals surface area contributed by atoms with E-state index in [1.807, 2.05) is 37.3 Å². The Bertz CT molecular complexity index is 1090. The van der Waals surface area contributed by atoms with Gasteiger partial charge < -0.3 is 4.52 Å². The van der Waals surface area contributed by atoms with Crippen LogP contribution in [0.1, 0.15) is 26.7 Å². The summed E-state index contributed by atoms with van der Waals surface area (Å²) in [6.07, 6.45) is 0. The molecular formula is C19H16N4O2S4. The van der Waals surface area contributed by atoms with Gasteiger partial charge in [-0.15, -0.1) is 33.3 Å². The topological polar surface area (TPSA) is 80.9 Å². The van der Waals surface area contributed by atoms with E-state index in [4.69, 9.17) is 4.52 Å². The maximum Gasteiger partial charge on any atom is 0.258 e. The van der Waals surface area contributed by atoms with Crippen molar-refractivity contribution in [2.24, 2.45) is 0 Å². The number of anilines is 1. The average molecular weight is 461 g/mol. The first-order chi connectivity index (χ1) is 14.2. The highest BCUT2D eigenvalue weighted by Gasteiger charge is 2.15. The molecule has 0 atom stereocenters. The summed E-state index contributed by atoms with van der Waals surface area (Å²) < 4.78 is 6.08. The van der Waals surface area contributed by atoms with Crippen LogP contribution in [-0.4, -0.2) is 21.3 Å². The molecule has 4 aromatic rings. The summed E-state index contributed by atoms with van der Waals surface area (Å²) in [6.45, 7) is 1.88. The smallest absolute Gasteiger partial charge is 0.258 e. The van der Waals surface area contributed by atoms with Gasteiger partial charge in [0.2, 0.25) is 5.13 Å². The quantitative estimate of drug-likeness (QED) is 0.265. The molecule has 0 aliphatic carbocycles. The lowest BCUT2D eigenvalue weighted by molar-refractivity contribution is 0.102. The van der Waals surface area contributed by atoms with Crippen molar-refractivity contribution in [2.45, 2.75) is 27.7 Å². The van der Waals surface area contributed by atoms with E-state index in [0.717, 1.165) is 26.4 Å². The van der Waals surface area contributed by atoms with Gasteiger partial charge in [0, 0.05) is 21.6 Å². The number of aryl methyl sites for hydroxylation is 1. The van der Waals surface area contributed by atoms with Gasteiger partial charge in [0.15, 0.2) is 4.34 Å². The molecule has 0 spiro atoms. The van der Waals surface area contributed by atoms with E-state index in [1.54, 1.807) is 29.2 Å². The predicted molar refractivity (Wildman–Crippen MR) is 119 cm³/mol. The molecule has 0 radical (unpaired) electrons. The van der Waals surface area contributed by atoms with E-state index in [9.17, 15) is 4.79 Å². The van der Waals surface area contributed by atoms with Gasteiger partial charge in [-0.3, -0.25) is 10.1 Å². The number of hydrogen-bond acceptors (Lipinski definition) is 9. The van der Waals surface area contributed by atoms with Crippen molar-refractivity contribution in [1.82, 2.24) is 15.4 Å². The minimum Gasteiger partial charge on any atom is -0.360 e. The van der Waals surface area contributed by atoms with E-state index in [2.05, 4.69) is 32.1 Å². The standard InChI is InChI=1S/C19H16N4O2S4/c1-12-9-13(25-23-12)10-27-16-7-3-2-6-15(16)17(24)20-18-21-22-19(29-18)28-11-14-5-4-8-26-14/h2-9H,10-11H2,1H3,(H,20,21,24). The van der Waals surface area contributed by atoms with Gasteiger partial charge in [-0.1, -0.05) is 46.5 Å². The van der Waals surface area contributed by atoms with Crippen LogP contribution in [0.25, 0.3) is 0 Å². The zero-order chi connectivity index (χ0) is 20.1. The molecule has 1 aromatic carbocycles. The minimum atomic E-state index is -0.201. The lowest BCUT2D eigenvalue weighted by Gasteiger charge is -2.07. The maximum absolute atomic E-state index is 12.8. The Morgan fingerprint density at radius 1 is 1.14 bits per heavy atom. The first-order valence-corrected chi connectivity index (χ1v) is 12.3. The molecule has 3 heterocycles. The third-order valence-electron chi connectivity index (χ3n) is 3.72. The van der Waals surface area contributed by atoms with Crippen LogP contribution in [0.15, 0.2) is 61.6 Å². The largest absolute Gasteiger partial charge is 0.360 e. The zero-order valence-electron chi connectivity index (χ0n) is 15.3. The van der Waals surface area contributed by atoms with Crippen LogP contribution >= 0.6 is 46.2 Å². The predicted octanol–water partition coefficient (Wildman–Crippen LogP) is 5.73. The summed E-state index contributed by atoms with van der Waals surface area (Å²) in [5.74, 6) is 2.03. The number of nitrogens with one attached hydrogen (secondary N) is 1. The highest BCUT2D eigenvalue weighted by Crippen LogP contribution is 2.31. The van der Waals surface area contributed by atoms with Crippen LogP contribution in [0.2, 0.25) is 0 Å². The number of carbonyl (C=O) groups is 1. The lowest BCUT2D eigenvalue weighted by Crippen LogP contribution is -2.12. The van der Waals surface area contributed by atoms with Gasteiger partial charge in [-0.2, -0.15) is 0 Å². The van der Waals surface area contributed by atoms with Crippen LogP contribution < -0.4 is 5.32 Å². The number of hydrogen-bond donors (Lipinski definition) is 1. The second-order valence-electron chi connectivity index (χ2n) is 5.91. The van der Waals surface area contributed by atoms with Crippen molar-refractivity contribution in [3.8, 4) is 0 Å². The van der Waals surface area contributed by atoms with E-state index < -0.39 is 0 Å². The Kier molecular flexibility index (Phi) is 6.65. The fourth-order valence-electron chi connectivity index (χ4n) is 2.42. The van der Waals surface area contributed by atoms with E-state index in [1.165, 1.54) is 28.0 Å². The molecule has 29 heavy (non-hydrogen) atoms. The first kappa shape index (κ1) is 20.1. The van der Waals surface area contributed by atoms with Gasteiger partial charge >= 0.3 is 0 Å². The van der Waals surface area contributed by atoms with E-state index >= 15 is 0 Å². The third-order valence-corrected chi connectivity index (χ3v) is 7.90. The van der Waals surface area contributed by atoms with E-state index in [0.29, 0.717) is 16.4 Å². The van der Waals surface area contributed by atoms with Gasteiger partial charge in [0.1, 0.15) is 5.76 Å². The number of aromatic nitrogens is 3. The monoisotopic (exact) mass is 460 g/mol. The number of thioether (sulfide) groups is 2. The van der Waals surface area contributed by atoms with E-state index in [-0.39, 0.29) is 5.91 Å². The van der Waals surface area contributed by atoms with Crippen molar-refractivity contribution in [2.75, 3.05) is 5.32 Å². The molecule has 0 fully saturated rings. The highest BCUT2D eigenvalue weighted by molar-refractivity contribution is 8.00. The molecular weight excluding hydrogens is 445 g/mol. The molecule has 1 N–H and O–H groups in total. The van der Waals surface area contributed by atoms with Crippen LogP contribution in [0.3, 0.4) is 0 Å². The van der Waals surface area contributed by atoms with Crippen molar-refractivity contribution < 1.29 is 9.32 Å². The Morgan fingerprint density at radius 2 is 2.03 bits per heavy atom. The molecule has 0 aliphatic heterocycles. The number of amides is 1. The van der Waals surface area contributed by atoms with Crippen LogP contribution in [0, 0.1) is 6.92 Å². The number of thiophene rings is 1. The zero-order valence-corrected chi connectivity index (χ0v) is 18.6. The number of carbonyl (C=O) groups excluding carboxylic acids is 1.